The molecule has 0 atom stereocenters. The Balaban J connectivity index is 2.19. The first-order valence-corrected chi connectivity index (χ1v) is 11.3. The van der Waals surface area contributed by atoms with E-state index in [1.807, 2.05) is 52.0 Å². The minimum absolute atomic E-state index is 0.183. The first-order chi connectivity index (χ1) is 14.8. The molecule has 0 fully saturated rings. The molecular weight excluding hydrogens is 435 g/mol. The number of urea groups is 2. The van der Waals surface area contributed by atoms with Crippen LogP contribution in [-0.2, 0) is 6.42 Å². The maximum atomic E-state index is 12.4. The number of hydrogen-bond donors (Lipinski definition) is 2. The zero-order valence-electron chi connectivity index (χ0n) is 18.5. The lowest BCUT2D eigenvalue weighted by atomic mass is 10.0. The summed E-state index contributed by atoms with van der Waals surface area (Å²) in [6, 6.07) is 10.7. The number of rotatable bonds is 8. The Hall–Kier alpha value is -2.44. The van der Waals surface area contributed by atoms with E-state index >= 15 is 0 Å². The highest BCUT2D eigenvalue weighted by molar-refractivity contribution is 6.34. The van der Waals surface area contributed by atoms with Crippen LogP contribution in [0.25, 0.3) is 0 Å². The van der Waals surface area contributed by atoms with E-state index in [2.05, 4.69) is 10.6 Å². The predicted molar refractivity (Wildman–Crippen MR) is 130 cm³/mol. The van der Waals surface area contributed by atoms with Gasteiger partial charge in [0.1, 0.15) is 0 Å². The minimum atomic E-state index is -0.183. The third-order valence-corrected chi connectivity index (χ3v) is 5.71. The summed E-state index contributed by atoms with van der Waals surface area (Å²) in [4.78, 5) is 28.1. The number of benzene rings is 2. The SMILES string of the molecule is CCN(CC)C(=O)Nc1cc(Cc2ccc(Cl)c(NC(=O)N(CC)CC)c2)ccc1Cl. The van der Waals surface area contributed by atoms with Crippen molar-refractivity contribution in [2.24, 2.45) is 0 Å². The van der Waals surface area contributed by atoms with Crippen molar-refractivity contribution in [3.63, 3.8) is 0 Å². The van der Waals surface area contributed by atoms with Gasteiger partial charge >= 0.3 is 12.1 Å². The first-order valence-electron chi connectivity index (χ1n) is 10.5. The summed E-state index contributed by atoms with van der Waals surface area (Å²) < 4.78 is 0. The molecule has 0 spiro atoms. The minimum Gasteiger partial charge on any atom is -0.325 e. The summed E-state index contributed by atoms with van der Waals surface area (Å²) >= 11 is 12.6. The fraction of sp³-hybridized carbons (Fsp3) is 0.391. The number of anilines is 2. The molecule has 0 aliphatic heterocycles. The van der Waals surface area contributed by atoms with Gasteiger partial charge in [0.25, 0.3) is 0 Å². The van der Waals surface area contributed by atoms with Crippen LogP contribution in [0, 0.1) is 0 Å². The largest absolute Gasteiger partial charge is 0.325 e. The van der Waals surface area contributed by atoms with E-state index < -0.39 is 0 Å². The molecule has 0 aliphatic rings. The average molecular weight is 465 g/mol. The predicted octanol–water partition coefficient (Wildman–Crippen LogP) is 6.33. The number of nitrogens with one attached hydrogen (secondary N) is 2. The molecule has 31 heavy (non-hydrogen) atoms. The molecule has 0 bridgehead atoms. The molecular formula is C23H30Cl2N4O2. The molecule has 8 heteroatoms. The molecule has 6 nitrogen and oxygen atoms in total. The van der Waals surface area contributed by atoms with Crippen molar-refractivity contribution in [1.82, 2.24) is 9.80 Å². The van der Waals surface area contributed by atoms with Gasteiger partial charge in [0.2, 0.25) is 0 Å². The van der Waals surface area contributed by atoms with E-state index in [-0.39, 0.29) is 12.1 Å². The Labute approximate surface area is 194 Å². The number of halogens is 2. The molecule has 0 aliphatic carbocycles. The van der Waals surface area contributed by atoms with Crippen LogP contribution in [0.15, 0.2) is 36.4 Å². The smallest absolute Gasteiger partial charge is 0.321 e. The second-order valence-electron chi connectivity index (χ2n) is 7.01. The van der Waals surface area contributed by atoms with Gasteiger partial charge in [-0.2, -0.15) is 0 Å². The normalized spacial score (nSPS) is 10.5. The van der Waals surface area contributed by atoms with Crippen LogP contribution in [0.1, 0.15) is 38.8 Å². The number of hydrogen-bond acceptors (Lipinski definition) is 2. The fourth-order valence-corrected chi connectivity index (χ4v) is 3.53. The fourth-order valence-electron chi connectivity index (χ4n) is 3.20. The van der Waals surface area contributed by atoms with E-state index in [1.54, 1.807) is 21.9 Å². The van der Waals surface area contributed by atoms with Gasteiger partial charge < -0.3 is 20.4 Å². The Morgan fingerprint density at radius 2 is 1.06 bits per heavy atom. The molecule has 0 heterocycles. The van der Waals surface area contributed by atoms with E-state index in [0.717, 1.165) is 11.1 Å². The molecule has 2 aromatic carbocycles. The van der Waals surface area contributed by atoms with Crippen molar-refractivity contribution in [2.75, 3.05) is 36.8 Å². The van der Waals surface area contributed by atoms with Crippen molar-refractivity contribution in [3.05, 3.63) is 57.6 Å². The number of nitrogens with zero attached hydrogens (tertiary/aromatic N) is 2. The Morgan fingerprint density at radius 1 is 0.710 bits per heavy atom. The van der Waals surface area contributed by atoms with Gasteiger partial charge in [-0.15, -0.1) is 0 Å². The van der Waals surface area contributed by atoms with Gasteiger partial charge in [-0.3, -0.25) is 0 Å². The Kier molecular flexibility index (Phi) is 9.46. The highest BCUT2D eigenvalue weighted by atomic mass is 35.5. The van der Waals surface area contributed by atoms with E-state index in [4.69, 9.17) is 23.2 Å². The second kappa shape index (κ2) is 11.8. The summed E-state index contributed by atoms with van der Waals surface area (Å²) in [7, 11) is 0. The molecule has 0 saturated carbocycles. The summed E-state index contributed by atoms with van der Waals surface area (Å²) in [5.41, 5.74) is 3.09. The van der Waals surface area contributed by atoms with Crippen molar-refractivity contribution < 1.29 is 9.59 Å². The molecule has 0 unspecified atom stereocenters. The van der Waals surface area contributed by atoms with Crippen molar-refractivity contribution >= 4 is 46.6 Å². The van der Waals surface area contributed by atoms with Crippen LogP contribution < -0.4 is 10.6 Å². The van der Waals surface area contributed by atoms with Crippen molar-refractivity contribution in [3.8, 4) is 0 Å². The third kappa shape index (κ3) is 6.77. The average Bonchev–Trinajstić information content (AvgIpc) is 2.74. The maximum Gasteiger partial charge on any atom is 0.321 e. The quantitative estimate of drug-likeness (QED) is 0.478. The van der Waals surface area contributed by atoms with Gasteiger partial charge in [0, 0.05) is 26.2 Å². The van der Waals surface area contributed by atoms with E-state index in [9.17, 15) is 9.59 Å². The van der Waals surface area contributed by atoms with Gasteiger partial charge in [-0.25, -0.2) is 9.59 Å². The van der Waals surface area contributed by atoms with E-state index in [0.29, 0.717) is 54.0 Å². The lowest BCUT2D eigenvalue weighted by Crippen LogP contribution is -2.34. The summed E-state index contributed by atoms with van der Waals surface area (Å²) in [6.07, 6.45) is 0.594. The monoisotopic (exact) mass is 464 g/mol. The summed E-state index contributed by atoms with van der Waals surface area (Å²) in [5, 5.41) is 6.72. The van der Waals surface area contributed by atoms with Crippen LogP contribution in [0.5, 0.6) is 0 Å². The third-order valence-electron chi connectivity index (χ3n) is 5.05. The summed E-state index contributed by atoms with van der Waals surface area (Å²) in [5.74, 6) is 0. The molecule has 0 saturated heterocycles. The number of amides is 4. The van der Waals surface area contributed by atoms with Gasteiger partial charge in [-0.1, -0.05) is 35.3 Å². The highest BCUT2D eigenvalue weighted by Crippen LogP contribution is 2.28. The molecule has 2 N–H and O–H groups in total. The second-order valence-corrected chi connectivity index (χ2v) is 7.82. The highest BCUT2D eigenvalue weighted by Gasteiger charge is 2.14. The van der Waals surface area contributed by atoms with Crippen LogP contribution in [0.4, 0.5) is 21.0 Å². The summed E-state index contributed by atoms with van der Waals surface area (Å²) in [6.45, 7) is 10.2. The van der Waals surface area contributed by atoms with Gasteiger partial charge in [-0.05, 0) is 69.5 Å². The first kappa shape index (κ1) is 24.8. The molecule has 4 amide bonds. The molecule has 2 aromatic rings. The lowest BCUT2D eigenvalue weighted by Gasteiger charge is -2.20. The van der Waals surface area contributed by atoms with Crippen LogP contribution in [0.2, 0.25) is 10.0 Å². The molecule has 168 valence electrons. The molecule has 0 radical (unpaired) electrons. The lowest BCUT2D eigenvalue weighted by molar-refractivity contribution is 0.216. The van der Waals surface area contributed by atoms with Gasteiger partial charge in [0.15, 0.2) is 0 Å². The number of carbonyl (C=O) groups is 2. The van der Waals surface area contributed by atoms with E-state index in [1.165, 1.54) is 0 Å². The Morgan fingerprint density at radius 3 is 1.39 bits per heavy atom. The van der Waals surface area contributed by atoms with Gasteiger partial charge in [0.05, 0.1) is 21.4 Å². The maximum absolute atomic E-state index is 12.4. The molecule has 0 aromatic heterocycles. The standard InChI is InChI=1S/C23H30Cl2N4O2/c1-5-28(6-2)22(30)26-20-14-16(9-11-18(20)24)13-17-10-12-19(25)21(15-17)27-23(31)29(7-3)8-4/h9-12,14-15H,5-8,13H2,1-4H3,(H,26,30)(H,27,31). The Bertz CT molecular complexity index is 839. The molecule has 2 rings (SSSR count). The van der Waals surface area contributed by atoms with Crippen LogP contribution in [-0.4, -0.2) is 48.0 Å². The van der Waals surface area contributed by atoms with Crippen molar-refractivity contribution in [1.29, 1.82) is 0 Å². The zero-order chi connectivity index (χ0) is 23.0. The van der Waals surface area contributed by atoms with Crippen molar-refractivity contribution in [2.45, 2.75) is 34.1 Å². The zero-order valence-corrected chi connectivity index (χ0v) is 20.0. The van der Waals surface area contributed by atoms with Crippen LogP contribution >= 0.6 is 23.2 Å². The van der Waals surface area contributed by atoms with Crippen LogP contribution in [0.3, 0.4) is 0 Å². The topological polar surface area (TPSA) is 64.7 Å². The number of carbonyl (C=O) groups excluding carboxylic acids is 2.